The fourth-order valence-corrected chi connectivity index (χ4v) is 2.62. The van der Waals surface area contributed by atoms with Gasteiger partial charge in [0.1, 0.15) is 17.7 Å². The van der Waals surface area contributed by atoms with Crippen LogP contribution in [0.25, 0.3) is 0 Å². The number of aryl methyl sites for hydroxylation is 1. The summed E-state index contributed by atoms with van der Waals surface area (Å²) in [6.07, 6.45) is 2.79. The van der Waals surface area contributed by atoms with E-state index >= 15 is 0 Å². The van der Waals surface area contributed by atoms with Gasteiger partial charge in [-0.15, -0.1) is 0 Å². The molecule has 4 nitrogen and oxygen atoms in total. The molecule has 1 unspecified atom stereocenters. The lowest BCUT2D eigenvalue weighted by molar-refractivity contribution is 0.203. The van der Waals surface area contributed by atoms with Crippen LogP contribution in [0.4, 0.5) is 4.39 Å². The summed E-state index contributed by atoms with van der Waals surface area (Å²) in [7, 11) is 1.92. The first-order chi connectivity index (χ1) is 9.65. The van der Waals surface area contributed by atoms with Crippen LogP contribution in [0.2, 0.25) is 0 Å². The first kappa shape index (κ1) is 13.1. The maximum absolute atomic E-state index is 13.2. The van der Waals surface area contributed by atoms with E-state index in [1.807, 2.05) is 24.9 Å². The Morgan fingerprint density at radius 2 is 2.35 bits per heavy atom. The van der Waals surface area contributed by atoms with E-state index in [-0.39, 0.29) is 11.9 Å². The number of hydrogen-bond acceptors (Lipinski definition) is 3. The highest BCUT2D eigenvalue weighted by molar-refractivity contribution is 5.37. The summed E-state index contributed by atoms with van der Waals surface area (Å²) in [6.45, 7) is 3.49. The second kappa shape index (κ2) is 5.25. The first-order valence-corrected chi connectivity index (χ1v) is 6.78. The third-order valence-electron chi connectivity index (χ3n) is 3.57. The Kier molecular flexibility index (Phi) is 3.44. The third kappa shape index (κ3) is 2.54. The van der Waals surface area contributed by atoms with Gasteiger partial charge in [-0.3, -0.25) is 4.68 Å². The van der Waals surface area contributed by atoms with Gasteiger partial charge < -0.3 is 10.1 Å². The molecule has 106 valence electrons. The summed E-state index contributed by atoms with van der Waals surface area (Å²) in [4.78, 5) is 0. The lowest BCUT2D eigenvalue weighted by Gasteiger charge is -2.10. The Balaban J connectivity index is 1.70. The molecule has 1 atom stereocenters. The lowest BCUT2D eigenvalue weighted by atomic mass is 10.1. The van der Waals surface area contributed by atoms with Crippen molar-refractivity contribution in [3.05, 3.63) is 47.0 Å². The second-order valence-corrected chi connectivity index (χ2v) is 5.19. The van der Waals surface area contributed by atoms with Crippen LogP contribution in [0.15, 0.2) is 24.4 Å². The molecule has 5 heteroatoms. The Hall–Kier alpha value is -1.88. The largest absolute Gasteiger partial charge is 0.488 e. The topological polar surface area (TPSA) is 39.1 Å². The molecule has 0 saturated carbocycles. The van der Waals surface area contributed by atoms with Crippen LogP contribution in [0.3, 0.4) is 0 Å². The van der Waals surface area contributed by atoms with Crippen LogP contribution < -0.4 is 10.1 Å². The molecule has 1 aliphatic rings. The maximum Gasteiger partial charge on any atom is 0.123 e. The van der Waals surface area contributed by atoms with Crippen LogP contribution >= 0.6 is 0 Å². The molecule has 0 bridgehead atoms. The molecule has 0 aliphatic carbocycles. The van der Waals surface area contributed by atoms with E-state index in [9.17, 15) is 4.39 Å². The van der Waals surface area contributed by atoms with Crippen molar-refractivity contribution in [2.24, 2.45) is 0 Å². The van der Waals surface area contributed by atoms with Gasteiger partial charge in [0, 0.05) is 30.3 Å². The van der Waals surface area contributed by atoms with E-state index in [4.69, 9.17) is 4.74 Å². The second-order valence-electron chi connectivity index (χ2n) is 5.19. The molecule has 1 N–H and O–H groups in total. The minimum atomic E-state index is -0.209. The molecule has 0 spiro atoms. The van der Waals surface area contributed by atoms with Crippen molar-refractivity contribution in [2.45, 2.75) is 32.5 Å². The molecule has 20 heavy (non-hydrogen) atoms. The average molecular weight is 275 g/mol. The number of benzene rings is 1. The molecule has 0 saturated heterocycles. The Bertz CT molecular complexity index is 624. The molecule has 0 radical (unpaired) electrons. The van der Waals surface area contributed by atoms with Crippen molar-refractivity contribution in [1.82, 2.24) is 15.1 Å². The van der Waals surface area contributed by atoms with Gasteiger partial charge >= 0.3 is 0 Å². The average Bonchev–Trinajstić information content (AvgIpc) is 2.93. The van der Waals surface area contributed by atoms with Crippen molar-refractivity contribution >= 4 is 0 Å². The SMILES string of the molecule is CNCc1cn(CC2Cc3cc(F)ccc3O2)nc1C. The number of nitrogens with one attached hydrogen (secondary N) is 1. The summed E-state index contributed by atoms with van der Waals surface area (Å²) in [5.74, 6) is 0.579. The maximum atomic E-state index is 13.2. The molecule has 1 aromatic carbocycles. The molecular weight excluding hydrogens is 257 g/mol. The smallest absolute Gasteiger partial charge is 0.123 e. The van der Waals surface area contributed by atoms with Gasteiger partial charge in [0.05, 0.1) is 12.2 Å². The number of rotatable bonds is 4. The molecular formula is C15H18FN3O. The monoisotopic (exact) mass is 275 g/mol. The number of nitrogens with zero attached hydrogens (tertiary/aromatic N) is 2. The summed E-state index contributed by atoms with van der Waals surface area (Å²) in [5.41, 5.74) is 3.16. The van der Waals surface area contributed by atoms with Gasteiger partial charge in [-0.1, -0.05) is 0 Å². The summed E-state index contributed by atoms with van der Waals surface area (Å²) in [5, 5.41) is 7.62. The van der Waals surface area contributed by atoms with Crippen molar-refractivity contribution < 1.29 is 9.13 Å². The van der Waals surface area contributed by atoms with Crippen molar-refractivity contribution in [3.8, 4) is 5.75 Å². The van der Waals surface area contributed by atoms with E-state index in [0.29, 0.717) is 6.54 Å². The van der Waals surface area contributed by atoms with Crippen LogP contribution in [-0.4, -0.2) is 22.9 Å². The zero-order valence-electron chi connectivity index (χ0n) is 11.7. The van der Waals surface area contributed by atoms with Crippen molar-refractivity contribution in [1.29, 1.82) is 0 Å². The first-order valence-electron chi connectivity index (χ1n) is 6.78. The van der Waals surface area contributed by atoms with E-state index in [1.54, 1.807) is 12.1 Å². The van der Waals surface area contributed by atoms with Gasteiger partial charge in [-0.25, -0.2) is 4.39 Å². The zero-order chi connectivity index (χ0) is 14.1. The van der Waals surface area contributed by atoms with Gasteiger partial charge in [0.15, 0.2) is 0 Å². The van der Waals surface area contributed by atoms with Gasteiger partial charge in [-0.2, -0.15) is 5.10 Å². The van der Waals surface area contributed by atoms with Crippen molar-refractivity contribution in [3.63, 3.8) is 0 Å². The van der Waals surface area contributed by atoms with Crippen molar-refractivity contribution in [2.75, 3.05) is 7.05 Å². The van der Waals surface area contributed by atoms with Crippen LogP contribution in [0.1, 0.15) is 16.8 Å². The Labute approximate surface area is 117 Å². The summed E-state index contributed by atoms with van der Waals surface area (Å²) < 4.78 is 20.9. The fraction of sp³-hybridized carbons (Fsp3) is 0.400. The third-order valence-corrected chi connectivity index (χ3v) is 3.57. The predicted octanol–water partition coefficient (Wildman–Crippen LogP) is 2.05. The van der Waals surface area contributed by atoms with E-state index < -0.39 is 0 Å². The fourth-order valence-electron chi connectivity index (χ4n) is 2.62. The van der Waals surface area contributed by atoms with Crippen LogP contribution in [0.5, 0.6) is 5.75 Å². The number of fused-ring (bicyclic) bond motifs is 1. The molecule has 1 aromatic heterocycles. The molecule has 0 amide bonds. The normalized spacial score (nSPS) is 17.1. The number of hydrogen-bond donors (Lipinski definition) is 1. The van der Waals surface area contributed by atoms with Gasteiger partial charge in [0.2, 0.25) is 0 Å². The molecule has 1 aliphatic heterocycles. The quantitative estimate of drug-likeness (QED) is 0.928. The minimum absolute atomic E-state index is 0.0218. The highest BCUT2D eigenvalue weighted by Gasteiger charge is 2.24. The van der Waals surface area contributed by atoms with Gasteiger partial charge in [0.25, 0.3) is 0 Å². The van der Waals surface area contributed by atoms with E-state index in [0.717, 1.165) is 30.0 Å². The molecule has 0 fully saturated rings. The molecule has 2 heterocycles. The van der Waals surface area contributed by atoms with E-state index in [2.05, 4.69) is 10.4 Å². The number of aromatic nitrogens is 2. The van der Waals surface area contributed by atoms with Crippen LogP contribution in [0, 0.1) is 12.7 Å². The Morgan fingerprint density at radius 1 is 1.50 bits per heavy atom. The lowest BCUT2D eigenvalue weighted by Crippen LogP contribution is -2.21. The molecule has 3 rings (SSSR count). The number of halogens is 1. The van der Waals surface area contributed by atoms with Crippen LogP contribution in [-0.2, 0) is 19.5 Å². The number of ether oxygens (including phenoxy) is 1. The molecule has 2 aromatic rings. The predicted molar refractivity (Wildman–Crippen MR) is 74.2 cm³/mol. The van der Waals surface area contributed by atoms with Gasteiger partial charge in [-0.05, 0) is 32.2 Å². The minimum Gasteiger partial charge on any atom is -0.488 e. The standard InChI is InChI=1S/C15H18FN3O/c1-10-12(7-17-2)8-19(18-10)9-14-6-11-5-13(16)3-4-15(11)20-14/h3-5,8,14,17H,6-7,9H2,1-2H3. The highest BCUT2D eigenvalue weighted by atomic mass is 19.1. The van der Waals surface area contributed by atoms with E-state index in [1.165, 1.54) is 11.6 Å². The zero-order valence-corrected chi connectivity index (χ0v) is 11.7. The summed E-state index contributed by atoms with van der Waals surface area (Å²) in [6, 6.07) is 4.69. The Morgan fingerprint density at radius 3 is 3.15 bits per heavy atom. The summed E-state index contributed by atoms with van der Waals surface area (Å²) >= 11 is 0. The highest BCUT2D eigenvalue weighted by Crippen LogP contribution is 2.29.